The minimum Gasteiger partial charge on any atom is -0.394 e. The van der Waals surface area contributed by atoms with Crippen LogP contribution in [-0.4, -0.2) is 92.8 Å². The number of rotatable bonds is 3. The molecule has 0 spiro atoms. The molecule has 2 aromatic heterocycles. The number of fused-ring (bicyclic) bond motifs is 1. The number of nitrogens with one attached hydrogen (secondary N) is 1. The van der Waals surface area contributed by atoms with E-state index in [4.69, 9.17) is 9.84 Å². The summed E-state index contributed by atoms with van der Waals surface area (Å²) in [7, 11) is 7.72. The van der Waals surface area contributed by atoms with Crippen molar-refractivity contribution in [2.45, 2.75) is 24.5 Å². The van der Waals surface area contributed by atoms with Crippen LogP contribution in [0.2, 0.25) is 0 Å². The summed E-state index contributed by atoms with van der Waals surface area (Å²) in [4.78, 5) is 14.3. The lowest BCUT2D eigenvalue weighted by Crippen LogP contribution is -2.33. The zero-order chi connectivity index (χ0) is 17.9. The van der Waals surface area contributed by atoms with E-state index in [1.807, 2.05) is 26.0 Å². The van der Waals surface area contributed by atoms with Gasteiger partial charge in [0.25, 0.3) is 0 Å². The van der Waals surface area contributed by atoms with E-state index in [-0.39, 0.29) is 6.61 Å². The molecule has 0 aliphatic carbocycles. The van der Waals surface area contributed by atoms with Crippen molar-refractivity contribution in [1.29, 1.82) is 0 Å². The molecule has 4 atom stereocenters. The Morgan fingerprint density at radius 3 is 2.42 bits per heavy atom. The summed E-state index contributed by atoms with van der Waals surface area (Å²) in [6.45, 7) is -0.377. The summed E-state index contributed by atoms with van der Waals surface area (Å²) in [5, 5.41) is 31.8. The monoisotopic (exact) mass is 340 g/mol. The van der Waals surface area contributed by atoms with E-state index >= 15 is 0 Å². The second-order valence-electron chi connectivity index (χ2n) is 5.87. The minimum atomic E-state index is -1.17. The van der Waals surface area contributed by atoms with Crippen molar-refractivity contribution < 1.29 is 20.1 Å². The Bertz CT molecular complexity index is 661. The molecular weight excluding hydrogens is 316 g/mol. The molecule has 10 heteroatoms. The van der Waals surface area contributed by atoms with Gasteiger partial charge in [0, 0.05) is 7.05 Å². The molecule has 0 radical (unpaired) electrons. The van der Waals surface area contributed by atoms with Crippen LogP contribution in [0.5, 0.6) is 0 Å². The van der Waals surface area contributed by atoms with Crippen LogP contribution in [0, 0.1) is 0 Å². The molecule has 3 rings (SSSR count). The molecule has 2 aromatic rings. The normalized spacial score (nSPS) is 26.5. The first-order valence-electron chi connectivity index (χ1n) is 7.49. The van der Waals surface area contributed by atoms with Gasteiger partial charge in [0.15, 0.2) is 17.7 Å². The largest absolute Gasteiger partial charge is 0.394 e. The Kier molecular flexibility index (Phi) is 6.02. The van der Waals surface area contributed by atoms with Gasteiger partial charge in [0.1, 0.15) is 30.2 Å². The maximum atomic E-state index is 10.0. The van der Waals surface area contributed by atoms with Crippen LogP contribution in [-0.2, 0) is 4.74 Å². The fourth-order valence-corrected chi connectivity index (χ4v) is 2.33. The lowest BCUT2D eigenvalue weighted by atomic mass is 10.1. The van der Waals surface area contributed by atoms with Crippen LogP contribution in [0.25, 0.3) is 11.2 Å². The lowest BCUT2D eigenvalue weighted by molar-refractivity contribution is -0.0511. The number of hydrogen-bond acceptors (Lipinski definition) is 9. The van der Waals surface area contributed by atoms with Gasteiger partial charge in [-0.25, -0.2) is 15.0 Å². The van der Waals surface area contributed by atoms with E-state index in [0.29, 0.717) is 17.0 Å². The van der Waals surface area contributed by atoms with Crippen molar-refractivity contribution in [2.75, 3.05) is 40.1 Å². The molecular formula is C14H24N6O4. The number of imidazole rings is 1. The zero-order valence-electron chi connectivity index (χ0n) is 14.2. The average Bonchev–Trinajstić information content (AvgIpc) is 3.09. The third-order valence-corrected chi connectivity index (χ3v) is 3.39. The van der Waals surface area contributed by atoms with E-state index in [9.17, 15) is 10.2 Å². The van der Waals surface area contributed by atoms with Crippen molar-refractivity contribution >= 4 is 17.0 Å². The Morgan fingerprint density at radius 1 is 1.21 bits per heavy atom. The highest BCUT2D eigenvalue weighted by Gasteiger charge is 2.43. The van der Waals surface area contributed by atoms with E-state index in [2.05, 4.69) is 20.3 Å². The van der Waals surface area contributed by atoms with Crippen molar-refractivity contribution in [3.63, 3.8) is 0 Å². The summed E-state index contributed by atoms with van der Waals surface area (Å²) >= 11 is 0. The Morgan fingerprint density at radius 2 is 1.88 bits per heavy atom. The van der Waals surface area contributed by atoms with Gasteiger partial charge in [-0.05, 0) is 21.1 Å². The third kappa shape index (κ3) is 3.62. The fourth-order valence-electron chi connectivity index (χ4n) is 2.33. The molecule has 0 saturated carbocycles. The zero-order valence-corrected chi connectivity index (χ0v) is 14.2. The number of aromatic nitrogens is 4. The summed E-state index contributed by atoms with van der Waals surface area (Å²) in [5.41, 5.74) is 1.01. The first kappa shape index (κ1) is 18.5. The predicted molar refractivity (Wildman–Crippen MR) is 87.5 cm³/mol. The molecule has 1 fully saturated rings. The molecule has 0 unspecified atom stereocenters. The van der Waals surface area contributed by atoms with Crippen LogP contribution in [0.1, 0.15) is 6.23 Å². The summed E-state index contributed by atoms with van der Waals surface area (Å²) in [6, 6.07) is 0. The molecule has 3 heterocycles. The molecule has 10 nitrogen and oxygen atoms in total. The molecule has 0 bridgehead atoms. The Balaban J connectivity index is 0.000000471. The number of aliphatic hydroxyl groups is 3. The quantitative estimate of drug-likeness (QED) is 0.536. The highest BCUT2D eigenvalue weighted by Crippen LogP contribution is 2.31. The van der Waals surface area contributed by atoms with Gasteiger partial charge in [-0.1, -0.05) is 0 Å². The van der Waals surface area contributed by atoms with Gasteiger partial charge in [-0.15, -0.1) is 0 Å². The third-order valence-electron chi connectivity index (χ3n) is 3.39. The van der Waals surface area contributed by atoms with Crippen LogP contribution in [0.4, 0.5) is 5.82 Å². The van der Waals surface area contributed by atoms with Crippen molar-refractivity contribution in [1.82, 2.24) is 24.4 Å². The molecule has 1 saturated heterocycles. The van der Waals surface area contributed by atoms with Gasteiger partial charge in [-0.2, -0.15) is 0 Å². The first-order chi connectivity index (χ1) is 11.4. The molecule has 0 amide bonds. The molecule has 0 aromatic carbocycles. The topological polar surface area (TPSA) is 129 Å². The molecule has 4 N–H and O–H groups in total. The summed E-state index contributed by atoms with van der Waals surface area (Å²) < 4.78 is 6.97. The van der Waals surface area contributed by atoms with Crippen molar-refractivity contribution in [3.8, 4) is 0 Å². The number of nitrogens with zero attached hydrogens (tertiary/aromatic N) is 5. The number of aliphatic hydroxyl groups excluding tert-OH is 3. The van der Waals surface area contributed by atoms with E-state index in [1.54, 1.807) is 7.05 Å². The average molecular weight is 340 g/mol. The van der Waals surface area contributed by atoms with Crippen LogP contribution < -0.4 is 5.32 Å². The van der Waals surface area contributed by atoms with E-state index in [1.165, 1.54) is 17.2 Å². The highest BCUT2D eigenvalue weighted by molar-refractivity contribution is 5.82. The molecule has 134 valence electrons. The second kappa shape index (κ2) is 7.81. The number of ether oxygens (including phenoxy) is 1. The van der Waals surface area contributed by atoms with Gasteiger partial charge >= 0.3 is 0 Å². The number of hydrogen-bond donors (Lipinski definition) is 4. The predicted octanol–water partition coefficient (Wildman–Crippen LogP) is -1.34. The lowest BCUT2D eigenvalue weighted by Gasteiger charge is -2.16. The standard InChI is InChI=1S/C11H15N5O4.C3H9N/c1-12-9-6-10(14-3-13-9)16(4-15-6)11-8(19)7(18)5(2-17)20-11;1-4(2)3/h3-5,7-8,11,17-19H,2H2,1H3,(H,12,13,14);1-3H3/t5-,7-,8-,11-;/m1./s1. The maximum absolute atomic E-state index is 10.0. The van der Waals surface area contributed by atoms with Gasteiger partial charge < -0.3 is 30.3 Å². The van der Waals surface area contributed by atoms with Gasteiger partial charge in [0.2, 0.25) is 0 Å². The van der Waals surface area contributed by atoms with Crippen molar-refractivity contribution in [3.05, 3.63) is 12.7 Å². The minimum absolute atomic E-state index is 0.377. The second-order valence-corrected chi connectivity index (χ2v) is 5.87. The molecule has 1 aliphatic heterocycles. The van der Waals surface area contributed by atoms with Gasteiger partial charge in [0.05, 0.1) is 12.9 Å². The van der Waals surface area contributed by atoms with Crippen LogP contribution in [0.15, 0.2) is 12.7 Å². The smallest absolute Gasteiger partial charge is 0.167 e. The van der Waals surface area contributed by atoms with E-state index in [0.717, 1.165) is 0 Å². The maximum Gasteiger partial charge on any atom is 0.167 e. The molecule has 1 aliphatic rings. The van der Waals surface area contributed by atoms with Gasteiger partial charge in [-0.3, -0.25) is 4.57 Å². The fraction of sp³-hybridized carbons (Fsp3) is 0.643. The summed E-state index contributed by atoms with van der Waals surface area (Å²) in [5.74, 6) is 0.556. The van der Waals surface area contributed by atoms with Crippen LogP contribution >= 0.6 is 0 Å². The Labute approximate surface area is 139 Å². The van der Waals surface area contributed by atoms with Crippen molar-refractivity contribution in [2.24, 2.45) is 0 Å². The highest BCUT2D eigenvalue weighted by atomic mass is 16.6. The van der Waals surface area contributed by atoms with Crippen LogP contribution in [0.3, 0.4) is 0 Å². The Hall–Kier alpha value is -1.85. The first-order valence-corrected chi connectivity index (χ1v) is 7.49. The van der Waals surface area contributed by atoms with E-state index < -0.39 is 24.5 Å². The SMILES string of the molecule is CN(C)C.CNc1ncnc2c1ncn2[C@@H]1O[C@H](CO)[C@@H](O)[C@H]1O. The molecule has 24 heavy (non-hydrogen) atoms. The number of anilines is 1. The summed E-state index contributed by atoms with van der Waals surface area (Å²) in [6.07, 6.45) is -1.19.